The van der Waals surface area contributed by atoms with Crippen molar-refractivity contribution in [2.45, 2.75) is 6.42 Å². The average Bonchev–Trinajstić information content (AvgIpc) is 2.69. The van der Waals surface area contributed by atoms with Crippen LogP contribution >= 0.6 is 0 Å². The normalized spacial score (nSPS) is 16.0. The largest absolute Gasteiger partial charge is 0.384 e. The molecule has 1 aliphatic heterocycles. The van der Waals surface area contributed by atoms with E-state index >= 15 is 0 Å². The standard InChI is InChI=1S/C16H19FN2O2/c1-18-7-3-8-19(10-9-18)16(21)14-6-5-13(4-2-11-20)12-15(14)17/h5-6,12,20H,3,7-11H2,1H3. The van der Waals surface area contributed by atoms with Crippen LogP contribution in [0.25, 0.3) is 0 Å². The molecule has 1 aromatic carbocycles. The molecule has 0 atom stereocenters. The Morgan fingerprint density at radius 2 is 2.14 bits per heavy atom. The number of carbonyl (C=O) groups is 1. The summed E-state index contributed by atoms with van der Waals surface area (Å²) < 4.78 is 14.1. The predicted octanol–water partition coefficient (Wildman–Crippen LogP) is 0.947. The molecule has 1 saturated heterocycles. The SMILES string of the molecule is CN1CCCN(C(=O)c2ccc(C#CCO)cc2F)CC1. The topological polar surface area (TPSA) is 43.8 Å². The Kier molecular flexibility index (Phi) is 5.32. The highest BCUT2D eigenvalue weighted by atomic mass is 19.1. The van der Waals surface area contributed by atoms with E-state index in [0.717, 1.165) is 19.5 Å². The van der Waals surface area contributed by atoms with Gasteiger partial charge in [-0.2, -0.15) is 0 Å². The monoisotopic (exact) mass is 290 g/mol. The van der Waals surface area contributed by atoms with Crippen LogP contribution in [0.15, 0.2) is 18.2 Å². The summed E-state index contributed by atoms with van der Waals surface area (Å²) in [6.45, 7) is 2.73. The van der Waals surface area contributed by atoms with Crippen molar-refractivity contribution in [2.75, 3.05) is 39.8 Å². The maximum Gasteiger partial charge on any atom is 0.256 e. The van der Waals surface area contributed by atoms with Crippen LogP contribution in [-0.2, 0) is 0 Å². The highest BCUT2D eigenvalue weighted by Gasteiger charge is 2.21. The number of carbonyl (C=O) groups excluding carboxylic acids is 1. The molecule has 0 aliphatic carbocycles. The van der Waals surface area contributed by atoms with Gasteiger partial charge < -0.3 is 14.9 Å². The molecular formula is C16H19FN2O2. The summed E-state index contributed by atoms with van der Waals surface area (Å²) in [4.78, 5) is 16.3. The third-order valence-corrected chi connectivity index (χ3v) is 3.52. The molecule has 1 amide bonds. The van der Waals surface area contributed by atoms with Gasteiger partial charge in [-0.15, -0.1) is 0 Å². The van der Waals surface area contributed by atoms with Crippen LogP contribution in [0, 0.1) is 17.7 Å². The van der Waals surface area contributed by atoms with E-state index in [9.17, 15) is 9.18 Å². The van der Waals surface area contributed by atoms with E-state index < -0.39 is 5.82 Å². The highest BCUT2D eigenvalue weighted by Crippen LogP contribution is 2.14. The van der Waals surface area contributed by atoms with Gasteiger partial charge in [-0.05, 0) is 38.2 Å². The van der Waals surface area contributed by atoms with Gasteiger partial charge in [0, 0.05) is 25.2 Å². The van der Waals surface area contributed by atoms with Crippen molar-refractivity contribution in [1.82, 2.24) is 9.80 Å². The fraction of sp³-hybridized carbons (Fsp3) is 0.438. The van der Waals surface area contributed by atoms with E-state index in [0.29, 0.717) is 18.7 Å². The maximum absolute atomic E-state index is 14.1. The molecule has 0 unspecified atom stereocenters. The lowest BCUT2D eigenvalue weighted by Gasteiger charge is -2.20. The van der Waals surface area contributed by atoms with Gasteiger partial charge in [0.2, 0.25) is 0 Å². The van der Waals surface area contributed by atoms with Crippen molar-refractivity contribution >= 4 is 5.91 Å². The van der Waals surface area contributed by atoms with Gasteiger partial charge in [0.1, 0.15) is 12.4 Å². The van der Waals surface area contributed by atoms with Crippen LogP contribution in [0.1, 0.15) is 22.3 Å². The number of nitrogens with zero attached hydrogens (tertiary/aromatic N) is 2. The van der Waals surface area contributed by atoms with Gasteiger partial charge in [-0.3, -0.25) is 4.79 Å². The third kappa shape index (κ3) is 4.03. The second-order valence-corrected chi connectivity index (χ2v) is 5.10. The summed E-state index contributed by atoms with van der Waals surface area (Å²) in [5.74, 6) is 4.24. The van der Waals surface area contributed by atoms with E-state index in [2.05, 4.69) is 16.7 Å². The fourth-order valence-electron chi connectivity index (χ4n) is 2.33. The molecule has 0 bridgehead atoms. The number of amides is 1. The smallest absolute Gasteiger partial charge is 0.256 e. The summed E-state index contributed by atoms with van der Waals surface area (Å²) in [5.41, 5.74) is 0.530. The predicted molar refractivity (Wildman–Crippen MR) is 78.4 cm³/mol. The Hall–Kier alpha value is -1.90. The van der Waals surface area contributed by atoms with E-state index in [1.165, 1.54) is 12.1 Å². The Bertz CT molecular complexity index is 577. The van der Waals surface area contributed by atoms with Gasteiger partial charge in [-0.1, -0.05) is 11.8 Å². The minimum Gasteiger partial charge on any atom is -0.384 e. The molecule has 112 valence electrons. The van der Waals surface area contributed by atoms with Gasteiger partial charge in [-0.25, -0.2) is 4.39 Å². The van der Waals surface area contributed by atoms with E-state index in [4.69, 9.17) is 5.11 Å². The average molecular weight is 290 g/mol. The zero-order valence-electron chi connectivity index (χ0n) is 12.1. The number of hydrogen-bond donors (Lipinski definition) is 1. The number of likely N-dealkylation sites (N-methyl/N-ethyl adjacent to an activating group) is 1. The summed E-state index contributed by atoms with van der Waals surface area (Å²) in [6, 6.07) is 4.30. The number of aliphatic hydroxyl groups excluding tert-OH is 1. The zero-order valence-corrected chi connectivity index (χ0v) is 12.1. The first-order valence-electron chi connectivity index (χ1n) is 6.99. The lowest BCUT2D eigenvalue weighted by atomic mass is 10.1. The molecule has 0 aromatic heterocycles. The first-order valence-corrected chi connectivity index (χ1v) is 6.99. The van der Waals surface area contributed by atoms with Gasteiger partial charge in [0.05, 0.1) is 5.56 Å². The third-order valence-electron chi connectivity index (χ3n) is 3.52. The molecule has 21 heavy (non-hydrogen) atoms. The molecule has 2 rings (SSSR count). The van der Waals surface area contributed by atoms with Crippen LogP contribution in [0.4, 0.5) is 4.39 Å². The molecule has 0 saturated carbocycles. The van der Waals surface area contributed by atoms with Crippen LogP contribution in [-0.4, -0.2) is 60.6 Å². The van der Waals surface area contributed by atoms with Crippen molar-refractivity contribution < 1.29 is 14.3 Å². The second-order valence-electron chi connectivity index (χ2n) is 5.10. The summed E-state index contributed by atoms with van der Waals surface area (Å²) in [6.07, 6.45) is 0.893. The molecule has 0 radical (unpaired) electrons. The lowest BCUT2D eigenvalue weighted by Crippen LogP contribution is -2.35. The molecule has 5 heteroatoms. The number of benzene rings is 1. The molecule has 4 nitrogen and oxygen atoms in total. The number of halogens is 1. The number of rotatable bonds is 1. The van der Waals surface area contributed by atoms with Crippen molar-refractivity contribution in [3.8, 4) is 11.8 Å². The van der Waals surface area contributed by atoms with Crippen molar-refractivity contribution in [1.29, 1.82) is 0 Å². The molecule has 1 N–H and O–H groups in total. The van der Waals surface area contributed by atoms with E-state index in [1.54, 1.807) is 11.0 Å². The molecule has 1 aliphatic rings. The Morgan fingerprint density at radius 3 is 2.86 bits per heavy atom. The van der Waals surface area contributed by atoms with Crippen LogP contribution in [0.3, 0.4) is 0 Å². The number of aliphatic hydroxyl groups is 1. The van der Waals surface area contributed by atoms with Gasteiger partial charge in [0.15, 0.2) is 0 Å². The Morgan fingerprint density at radius 1 is 1.33 bits per heavy atom. The van der Waals surface area contributed by atoms with Crippen LogP contribution in [0.2, 0.25) is 0 Å². The quantitative estimate of drug-likeness (QED) is 0.783. The fourth-order valence-corrected chi connectivity index (χ4v) is 2.33. The molecule has 1 aromatic rings. The molecule has 1 heterocycles. The van der Waals surface area contributed by atoms with E-state index in [1.807, 2.05) is 7.05 Å². The van der Waals surface area contributed by atoms with Crippen LogP contribution in [0.5, 0.6) is 0 Å². The second kappa shape index (κ2) is 7.21. The molecule has 1 fully saturated rings. The molecule has 0 spiro atoms. The van der Waals surface area contributed by atoms with Crippen molar-refractivity contribution in [3.63, 3.8) is 0 Å². The van der Waals surface area contributed by atoms with Crippen molar-refractivity contribution in [3.05, 3.63) is 35.1 Å². The zero-order chi connectivity index (χ0) is 15.2. The first-order chi connectivity index (χ1) is 10.1. The summed E-state index contributed by atoms with van der Waals surface area (Å²) in [7, 11) is 2.02. The van der Waals surface area contributed by atoms with Gasteiger partial charge in [0.25, 0.3) is 5.91 Å². The van der Waals surface area contributed by atoms with Crippen LogP contribution < -0.4 is 0 Å². The number of hydrogen-bond acceptors (Lipinski definition) is 3. The minimum absolute atomic E-state index is 0.0779. The highest BCUT2D eigenvalue weighted by molar-refractivity contribution is 5.94. The first kappa shape index (κ1) is 15.5. The summed E-state index contributed by atoms with van der Waals surface area (Å²) >= 11 is 0. The minimum atomic E-state index is -0.567. The Balaban J connectivity index is 2.15. The van der Waals surface area contributed by atoms with Gasteiger partial charge >= 0.3 is 0 Å². The maximum atomic E-state index is 14.1. The molecular weight excluding hydrogens is 271 g/mol. The summed E-state index contributed by atoms with van der Waals surface area (Å²) in [5, 5.41) is 8.63. The lowest BCUT2D eigenvalue weighted by molar-refractivity contribution is 0.0758. The van der Waals surface area contributed by atoms with E-state index in [-0.39, 0.29) is 18.1 Å². The Labute approximate surface area is 124 Å². The van der Waals surface area contributed by atoms with Crippen molar-refractivity contribution in [2.24, 2.45) is 0 Å².